The number of tetrazole rings is 1. The first-order chi connectivity index (χ1) is 7.33. The van der Waals surface area contributed by atoms with E-state index < -0.39 is 0 Å². The van der Waals surface area contributed by atoms with E-state index in [9.17, 15) is 0 Å². The zero-order chi connectivity index (χ0) is 10.7. The lowest BCUT2D eigenvalue weighted by Gasteiger charge is -2.06. The van der Waals surface area contributed by atoms with E-state index in [1.165, 1.54) is 0 Å². The van der Waals surface area contributed by atoms with Crippen molar-refractivity contribution in [3.63, 3.8) is 0 Å². The van der Waals surface area contributed by atoms with Crippen molar-refractivity contribution < 1.29 is 5.11 Å². The highest BCUT2D eigenvalue weighted by molar-refractivity contribution is 5.39. The van der Waals surface area contributed by atoms with E-state index in [-0.39, 0.29) is 6.61 Å². The minimum absolute atomic E-state index is 0.0479. The molecule has 1 heterocycles. The summed E-state index contributed by atoms with van der Waals surface area (Å²) in [5.41, 5.74) is 2.05. The molecule has 1 N–H and O–H groups in total. The van der Waals surface area contributed by atoms with Crippen LogP contribution in [0.4, 0.5) is 0 Å². The predicted molar refractivity (Wildman–Crippen MR) is 54.7 cm³/mol. The average molecular weight is 204 g/mol. The van der Waals surface area contributed by atoms with Gasteiger partial charge in [0, 0.05) is 6.42 Å². The summed E-state index contributed by atoms with van der Waals surface area (Å²) in [5, 5.41) is 20.3. The zero-order valence-electron chi connectivity index (χ0n) is 8.46. The third kappa shape index (κ3) is 1.87. The number of aliphatic hydroxyl groups is 1. The molecule has 0 spiro atoms. The van der Waals surface area contributed by atoms with Gasteiger partial charge in [0.25, 0.3) is 0 Å². The fraction of sp³-hybridized carbons (Fsp3) is 0.300. The third-order valence-electron chi connectivity index (χ3n) is 2.21. The molecule has 0 bridgehead atoms. The van der Waals surface area contributed by atoms with Gasteiger partial charge in [0.15, 0.2) is 5.82 Å². The first kappa shape index (κ1) is 9.79. The van der Waals surface area contributed by atoms with Gasteiger partial charge < -0.3 is 5.11 Å². The SMILES string of the molecule is Cc1ccccc1-n1nnnc1CCO. The Hall–Kier alpha value is -1.75. The molecule has 1 aromatic heterocycles. The van der Waals surface area contributed by atoms with Crippen molar-refractivity contribution in [1.29, 1.82) is 0 Å². The predicted octanol–water partition coefficient (Wildman–Crippen LogP) is 0.506. The Kier molecular flexibility index (Phi) is 2.73. The average Bonchev–Trinajstić information content (AvgIpc) is 2.67. The maximum atomic E-state index is 8.87. The van der Waals surface area contributed by atoms with Crippen LogP contribution in [0, 0.1) is 6.92 Å². The quantitative estimate of drug-likeness (QED) is 0.791. The van der Waals surface area contributed by atoms with E-state index in [0.717, 1.165) is 11.3 Å². The number of benzene rings is 1. The molecule has 0 amide bonds. The Morgan fingerprint density at radius 2 is 2.13 bits per heavy atom. The lowest BCUT2D eigenvalue weighted by molar-refractivity contribution is 0.295. The molecule has 0 aliphatic heterocycles. The molecular weight excluding hydrogens is 192 g/mol. The molecule has 5 heteroatoms. The summed E-state index contributed by atoms with van der Waals surface area (Å²) in [6.07, 6.45) is 0.460. The summed E-state index contributed by atoms with van der Waals surface area (Å²) in [7, 11) is 0. The fourth-order valence-corrected chi connectivity index (χ4v) is 1.45. The molecule has 0 aliphatic rings. The molecule has 2 rings (SSSR count). The van der Waals surface area contributed by atoms with E-state index >= 15 is 0 Å². The van der Waals surface area contributed by atoms with Gasteiger partial charge in [-0.3, -0.25) is 0 Å². The molecule has 0 radical (unpaired) electrons. The summed E-state index contributed by atoms with van der Waals surface area (Å²) in [6, 6.07) is 7.86. The van der Waals surface area contributed by atoms with Gasteiger partial charge in [-0.05, 0) is 29.0 Å². The molecule has 0 saturated carbocycles. The number of para-hydroxylation sites is 1. The first-order valence-electron chi connectivity index (χ1n) is 4.77. The topological polar surface area (TPSA) is 63.8 Å². The van der Waals surface area contributed by atoms with Crippen molar-refractivity contribution in [2.75, 3.05) is 6.61 Å². The molecular formula is C10H12N4O. The Bertz CT molecular complexity index is 452. The Morgan fingerprint density at radius 3 is 2.87 bits per heavy atom. The van der Waals surface area contributed by atoms with Gasteiger partial charge in [0.1, 0.15) is 0 Å². The van der Waals surface area contributed by atoms with Crippen LogP contribution >= 0.6 is 0 Å². The van der Waals surface area contributed by atoms with Crippen LogP contribution < -0.4 is 0 Å². The van der Waals surface area contributed by atoms with Crippen LogP contribution in [0.25, 0.3) is 5.69 Å². The smallest absolute Gasteiger partial charge is 0.159 e. The van der Waals surface area contributed by atoms with Crippen LogP contribution in [-0.2, 0) is 6.42 Å². The number of aromatic nitrogens is 4. The molecule has 0 saturated heterocycles. The molecule has 0 aliphatic carbocycles. The van der Waals surface area contributed by atoms with Crippen molar-refractivity contribution in [3.05, 3.63) is 35.7 Å². The van der Waals surface area contributed by atoms with E-state index in [1.807, 2.05) is 31.2 Å². The number of aryl methyl sites for hydroxylation is 1. The normalized spacial score (nSPS) is 10.5. The number of rotatable bonds is 3. The highest BCUT2D eigenvalue weighted by Gasteiger charge is 2.08. The maximum absolute atomic E-state index is 8.87. The molecule has 0 fully saturated rings. The van der Waals surface area contributed by atoms with E-state index in [0.29, 0.717) is 12.2 Å². The lowest BCUT2D eigenvalue weighted by Crippen LogP contribution is -2.06. The van der Waals surface area contributed by atoms with Crippen molar-refractivity contribution >= 4 is 0 Å². The van der Waals surface area contributed by atoms with Gasteiger partial charge in [0.2, 0.25) is 0 Å². The standard InChI is InChI=1S/C10H12N4O/c1-8-4-2-3-5-9(8)14-10(6-7-15)11-12-13-14/h2-5,15H,6-7H2,1H3. The van der Waals surface area contributed by atoms with Crippen LogP contribution in [0.2, 0.25) is 0 Å². The summed E-state index contributed by atoms with van der Waals surface area (Å²) in [4.78, 5) is 0. The number of aliphatic hydroxyl groups excluding tert-OH is 1. The van der Waals surface area contributed by atoms with Crippen LogP contribution in [0.15, 0.2) is 24.3 Å². The van der Waals surface area contributed by atoms with Crippen molar-refractivity contribution in [3.8, 4) is 5.69 Å². The minimum atomic E-state index is 0.0479. The molecule has 15 heavy (non-hydrogen) atoms. The largest absolute Gasteiger partial charge is 0.396 e. The second kappa shape index (κ2) is 4.18. The monoisotopic (exact) mass is 204 g/mol. The summed E-state index contributed by atoms with van der Waals surface area (Å²) in [6.45, 7) is 2.05. The van der Waals surface area contributed by atoms with Crippen LogP contribution in [0.3, 0.4) is 0 Å². The summed E-state index contributed by atoms with van der Waals surface area (Å²) >= 11 is 0. The van der Waals surface area contributed by atoms with E-state index in [1.54, 1.807) is 4.68 Å². The van der Waals surface area contributed by atoms with Gasteiger partial charge in [-0.25, -0.2) is 0 Å². The third-order valence-corrected chi connectivity index (χ3v) is 2.21. The first-order valence-corrected chi connectivity index (χ1v) is 4.77. The molecule has 0 unspecified atom stereocenters. The van der Waals surface area contributed by atoms with Crippen LogP contribution in [0.5, 0.6) is 0 Å². The summed E-state index contributed by atoms with van der Waals surface area (Å²) < 4.78 is 1.66. The Labute approximate surface area is 87.4 Å². The van der Waals surface area contributed by atoms with Crippen molar-refractivity contribution in [2.24, 2.45) is 0 Å². The molecule has 1 aromatic carbocycles. The van der Waals surface area contributed by atoms with Gasteiger partial charge >= 0.3 is 0 Å². The lowest BCUT2D eigenvalue weighted by atomic mass is 10.2. The Balaban J connectivity index is 2.45. The van der Waals surface area contributed by atoms with Crippen LogP contribution in [0.1, 0.15) is 11.4 Å². The Morgan fingerprint density at radius 1 is 1.33 bits per heavy atom. The molecule has 78 valence electrons. The summed E-state index contributed by atoms with van der Waals surface area (Å²) in [5.74, 6) is 0.673. The van der Waals surface area contributed by atoms with Gasteiger partial charge in [-0.2, -0.15) is 4.68 Å². The van der Waals surface area contributed by atoms with E-state index in [2.05, 4.69) is 15.5 Å². The number of hydrogen-bond acceptors (Lipinski definition) is 4. The zero-order valence-corrected chi connectivity index (χ0v) is 8.46. The van der Waals surface area contributed by atoms with Gasteiger partial charge in [0.05, 0.1) is 12.3 Å². The fourth-order valence-electron chi connectivity index (χ4n) is 1.45. The van der Waals surface area contributed by atoms with E-state index in [4.69, 9.17) is 5.11 Å². The highest BCUT2D eigenvalue weighted by Crippen LogP contribution is 2.12. The van der Waals surface area contributed by atoms with Crippen molar-refractivity contribution in [1.82, 2.24) is 20.2 Å². The second-order valence-corrected chi connectivity index (χ2v) is 3.27. The van der Waals surface area contributed by atoms with Gasteiger partial charge in [-0.15, -0.1) is 5.10 Å². The molecule has 2 aromatic rings. The van der Waals surface area contributed by atoms with Crippen molar-refractivity contribution in [2.45, 2.75) is 13.3 Å². The number of hydrogen-bond donors (Lipinski definition) is 1. The molecule has 5 nitrogen and oxygen atoms in total. The molecule has 0 atom stereocenters. The second-order valence-electron chi connectivity index (χ2n) is 3.27. The van der Waals surface area contributed by atoms with Crippen LogP contribution in [-0.4, -0.2) is 31.9 Å². The highest BCUT2D eigenvalue weighted by atomic mass is 16.3. The maximum Gasteiger partial charge on any atom is 0.159 e. The van der Waals surface area contributed by atoms with Gasteiger partial charge in [-0.1, -0.05) is 18.2 Å². The minimum Gasteiger partial charge on any atom is -0.396 e. The number of nitrogens with zero attached hydrogens (tertiary/aromatic N) is 4.